The molecule has 3 heterocycles. The summed E-state index contributed by atoms with van der Waals surface area (Å²) >= 11 is 0. The molecule has 0 aromatic carbocycles. The van der Waals surface area contributed by atoms with Crippen molar-refractivity contribution in [1.29, 1.82) is 0 Å². The number of rotatable bonds is 7. The fraction of sp³-hybridized carbons (Fsp3) is 0.450. The first-order valence-corrected chi connectivity index (χ1v) is 10.4. The lowest BCUT2D eigenvalue weighted by atomic mass is 10.1. The van der Waals surface area contributed by atoms with Gasteiger partial charge in [-0.25, -0.2) is 19.4 Å². The van der Waals surface area contributed by atoms with E-state index in [4.69, 9.17) is 10.8 Å². The van der Waals surface area contributed by atoms with E-state index in [9.17, 15) is 27.9 Å². The summed E-state index contributed by atoms with van der Waals surface area (Å²) in [5.74, 6) is -1.22. The number of carboxylic acid groups (broad SMARTS) is 1. The number of carbonyl (C=O) groups is 2. The average Bonchev–Trinajstić information content (AvgIpc) is 3.49. The summed E-state index contributed by atoms with van der Waals surface area (Å²) in [7, 11) is 1.41. The number of hydrogen-bond acceptors (Lipinski definition) is 7. The van der Waals surface area contributed by atoms with Crippen LogP contribution in [0.4, 0.5) is 18.0 Å². The van der Waals surface area contributed by atoms with Gasteiger partial charge >= 0.3 is 18.2 Å². The van der Waals surface area contributed by atoms with Gasteiger partial charge in [0.05, 0.1) is 11.9 Å². The van der Waals surface area contributed by atoms with Gasteiger partial charge in [-0.2, -0.15) is 13.2 Å². The highest BCUT2D eigenvalue weighted by Crippen LogP contribution is 2.41. The fourth-order valence-corrected chi connectivity index (χ4v) is 3.53. The molecule has 4 rings (SSSR count). The van der Waals surface area contributed by atoms with E-state index in [0.29, 0.717) is 5.69 Å². The van der Waals surface area contributed by atoms with E-state index in [2.05, 4.69) is 15.1 Å². The topological polar surface area (TPSA) is 151 Å². The quantitative estimate of drug-likeness (QED) is 0.539. The maximum Gasteiger partial charge on any atom is 0.433 e. The Labute approximate surface area is 191 Å². The molecule has 0 bridgehead atoms. The summed E-state index contributed by atoms with van der Waals surface area (Å²) in [6.45, 7) is -0.0983. The lowest BCUT2D eigenvalue weighted by molar-refractivity contribution is -0.141. The number of nitrogens with zero attached hydrogens (tertiary/aromatic N) is 6. The molecule has 2 fully saturated rings. The molecule has 0 radical (unpaired) electrons. The van der Waals surface area contributed by atoms with Gasteiger partial charge in [-0.15, -0.1) is 5.10 Å². The molecule has 34 heavy (non-hydrogen) atoms. The number of aromatic nitrogens is 4. The highest BCUT2D eigenvalue weighted by atomic mass is 19.4. The first-order chi connectivity index (χ1) is 16.0. The number of carboxylic acids is 1. The summed E-state index contributed by atoms with van der Waals surface area (Å²) in [6, 6.07) is 0.646. The first-order valence-electron chi connectivity index (χ1n) is 10.4. The van der Waals surface area contributed by atoms with E-state index in [1.807, 2.05) is 0 Å². The van der Waals surface area contributed by atoms with Crippen molar-refractivity contribution < 1.29 is 33.0 Å². The Morgan fingerprint density at radius 1 is 1.35 bits per heavy atom. The maximum atomic E-state index is 13.3. The molecule has 1 unspecified atom stereocenters. The molecule has 2 aromatic heterocycles. The minimum absolute atomic E-state index is 0.0150. The third-order valence-electron chi connectivity index (χ3n) is 5.64. The van der Waals surface area contributed by atoms with E-state index in [0.717, 1.165) is 28.7 Å². The van der Waals surface area contributed by atoms with Crippen LogP contribution in [-0.4, -0.2) is 77.6 Å². The van der Waals surface area contributed by atoms with Gasteiger partial charge in [0, 0.05) is 30.8 Å². The van der Waals surface area contributed by atoms with Crippen molar-refractivity contribution in [2.24, 2.45) is 5.73 Å². The van der Waals surface area contributed by atoms with Crippen LogP contribution in [0.3, 0.4) is 0 Å². The second kappa shape index (κ2) is 8.68. The SMILES string of the molecule is CN1C(=O)N(CC[C@@H](N)C(=O)O)C(O)/C1=C/n1cnc(-c2cc(C3CC3)nc(C(F)(F)F)c2)n1. The number of aliphatic hydroxyl groups is 1. The molecule has 2 atom stereocenters. The highest BCUT2D eigenvalue weighted by Gasteiger charge is 2.39. The molecule has 4 N–H and O–H groups in total. The van der Waals surface area contributed by atoms with Gasteiger partial charge in [0.1, 0.15) is 18.1 Å². The van der Waals surface area contributed by atoms with Gasteiger partial charge in [0.25, 0.3) is 0 Å². The lowest BCUT2D eigenvalue weighted by Gasteiger charge is -2.19. The summed E-state index contributed by atoms with van der Waals surface area (Å²) < 4.78 is 41.1. The number of pyridine rings is 1. The predicted octanol–water partition coefficient (Wildman–Crippen LogP) is 1.52. The van der Waals surface area contributed by atoms with Crippen molar-refractivity contribution in [2.45, 2.75) is 43.6 Å². The van der Waals surface area contributed by atoms with Crippen LogP contribution in [0.25, 0.3) is 17.6 Å². The average molecular weight is 481 g/mol. The van der Waals surface area contributed by atoms with Crippen molar-refractivity contribution in [1.82, 2.24) is 29.5 Å². The second-order valence-corrected chi connectivity index (χ2v) is 8.18. The van der Waals surface area contributed by atoms with Crippen LogP contribution in [0.2, 0.25) is 0 Å². The highest BCUT2D eigenvalue weighted by molar-refractivity contribution is 5.81. The molecular formula is C20H22F3N7O4. The van der Waals surface area contributed by atoms with Crippen molar-refractivity contribution in [3.63, 3.8) is 0 Å². The van der Waals surface area contributed by atoms with Gasteiger partial charge < -0.3 is 15.9 Å². The fourth-order valence-electron chi connectivity index (χ4n) is 3.53. The summed E-state index contributed by atoms with van der Waals surface area (Å²) in [5, 5.41) is 23.6. The van der Waals surface area contributed by atoms with E-state index in [1.165, 1.54) is 30.3 Å². The third kappa shape index (κ3) is 4.72. The van der Waals surface area contributed by atoms with E-state index in [-0.39, 0.29) is 36.0 Å². The zero-order valence-electron chi connectivity index (χ0n) is 18.0. The van der Waals surface area contributed by atoms with E-state index >= 15 is 0 Å². The normalized spacial score (nSPS) is 20.9. The van der Waals surface area contributed by atoms with Gasteiger partial charge in [-0.05, 0) is 31.4 Å². The minimum Gasteiger partial charge on any atom is -0.480 e. The number of nitrogens with two attached hydrogens (primary N) is 1. The van der Waals surface area contributed by atoms with Gasteiger partial charge in [0.2, 0.25) is 0 Å². The molecule has 0 spiro atoms. The zero-order valence-corrected chi connectivity index (χ0v) is 18.0. The van der Waals surface area contributed by atoms with E-state index in [1.54, 1.807) is 0 Å². The van der Waals surface area contributed by atoms with Crippen LogP contribution in [0.1, 0.15) is 36.6 Å². The predicted molar refractivity (Wildman–Crippen MR) is 111 cm³/mol. The number of alkyl halides is 3. The molecular weight excluding hydrogens is 459 g/mol. The van der Waals surface area contributed by atoms with Crippen molar-refractivity contribution in [3.8, 4) is 11.4 Å². The van der Waals surface area contributed by atoms with Crippen molar-refractivity contribution in [2.75, 3.05) is 13.6 Å². The number of likely N-dealkylation sites (N-methyl/N-ethyl adjacent to an activating group) is 1. The molecule has 1 saturated carbocycles. The Bertz CT molecular complexity index is 1150. The Morgan fingerprint density at radius 2 is 2.06 bits per heavy atom. The molecule has 14 heteroatoms. The number of amides is 2. The number of urea groups is 1. The molecule has 1 aliphatic heterocycles. The molecule has 182 valence electrons. The molecule has 2 aliphatic rings. The number of hydrogen-bond donors (Lipinski definition) is 3. The second-order valence-electron chi connectivity index (χ2n) is 8.18. The largest absolute Gasteiger partial charge is 0.480 e. The summed E-state index contributed by atoms with van der Waals surface area (Å²) in [4.78, 5) is 33.4. The van der Waals surface area contributed by atoms with Crippen LogP contribution in [0, 0.1) is 0 Å². The maximum absolute atomic E-state index is 13.3. The Hall–Kier alpha value is -3.52. The molecule has 1 aliphatic carbocycles. The van der Waals surface area contributed by atoms with Gasteiger partial charge in [-0.1, -0.05) is 0 Å². The van der Waals surface area contributed by atoms with E-state index < -0.39 is 36.1 Å². The Kier molecular flexibility index (Phi) is 6.03. The zero-order chi connectivity index (χ0) is 24.8. The molecule has 1 saturated heterocycles. The summed E-state index contributed by atoms with van der Waals surface area (Å²) in [6.07, 6.45) is -2.00. The third-order valence-corrected chi connectivity index (χ3v) is 5.64. The van der Waals surface area contributed by atoms with Gasteiger partial charge in [-0.3, -0.25) is 14.6 Å². The van der Waals surface area contributed by atoms with Crippen LogP contribution in [-0.2, 0) is 11.0 Å². The van der Waals surface area contributed by atoms with Gasteiger partial charge in [0.15, 0.2) is 12.1 Å². The Morgan fingerprint density at radius 3 is 2.68 bits per heavy atom. The molecule has 2 amide bonds. The monoisotopic (exact) mass is 481 g/mol. The van der Waals surface area contributed by atoms with Crippen molar-refractivity contribution >= 4 is 18.2 Å². The number of halogens is 3. The molecule has 11 nitrogen and oxygen atoms in total. The number of carbonyl (C=O) groups excluding carboxylic acids is 1. The van der Waals surface area contributed by atoms with Crippen LogP contribution in [0.5, 0.6) is 0 Å². The van der Waals surface area contributed by atoms with Crippen LogP contribution < -0.4 is 5.73 Å². The first kappa shape index (κ1) is 23.6. The lowest BCUT2D eigenvalue weighted by Crippen LogP contribution is -2.40. The smallest absolute Gasteiger partial charge is 0.433 e. The number of aliphatic carboxylic acids is 1. The Balaban J connectivity index is 1.58. The summed E-state index contributed by atoms with van der Waals surface area (Å²) in [5.41, 5.74) is 5.06. The standard InChI is InChI=1S/C20H22F3N7O4/c1-28-14(17(31)30(19(28)34)5-4-12(24)18(32)33)8-29-9-25-16(27-29)11-6-13(10-2-3-10)26-15(7-11)20(21,22)23/h6-10,12,17,31H,2-5,24H2,1H3,(H,32,33)/b14-8-/t12-,17?/m1/s1. The van der Waals surface area contributed by atoms with Crippen molar-refractivity contribution in [3.05, 3.63) is 35.5 Å². The van der Waals surface area contributed by atoms with Crippen LogP contribution in [0.15, 0.2) is 24.2 Å². The van der Waals surface area contributed by atoms with Crippen LogP contribution >= 0.6 is 0 Å². The minimum atomic E-state index is -4.62. The molecule has 2 aromatic rings. The number of aliphatic hydroxyl groups excluding tert-OH is 1.